The average Bonchev–Trinajstić information content (AvgIpc) is 3.58. The molecule has 156 valence electrons. The highest BCUT2D eigenvalue weighted by atomic mass is 79.9. The zero-order valence-electron chi connectivity index (χ0n) is 16.6. The maximum atomic E-state index is 12.7. The molecule has 0 aromatic heterocycles. The van der Waals surface area contributed by atoms with Crippen LogP contribution >= 0.6 is 15.9 Å². The standard InChI is InChI=1S/C23H24BrN3O3/c24-18-6-4-16(5-7-18)23(30)27-12-10-15(11-13-27)21(28)26-20-3-1-2-17(14-20)22(29)25-19-8-9-19/h1-7,14-15,19H,8-13H2,(H,25,29)(H,26,28). The third-order valence-electron chi connectivity index (χ3n) is 5.55. The van der Waals surface area contributed by atoms with E-state index in [1.165, 1.54) is 0 Å². The first-order valence-corrected chi connectivity index (χ1v) is 11.1. The van der Waals surface area contributed by atoms with Gasteiger partial charge in [0.15, 0.2) is 0 Å². The third kappa shape index (κ3) is 5.08. The van der Waals surface area contributed by atoms with Gasteiger partial charge in [0.25, 0.3) is 11.8 Å². The molecule has 0 atom stereocenters. The largest absolute Gasteiger partial charge is 0.349 e. The van der Waals surface area contributed by atoms with Crippen LogP contribution in [0.2, 0.25) is 0 Å². The lowest BCUT2D eigenvalue weighted by molar-refractivity contribution is -0.121. The van der Waals surface area contributed by atoms with E-state index in [2.05, 4.69) is 26.6 Å². The van der Waals surface area contributed by atoms with Crippen molar-refractivity contribution in [3.8, 4) is 0 Å². The van der Waals surface area contributed by atoms with Crippen molar-refractivity contribution in [3.63, 3.8) is 0 Å². The summed E-state index contributed by atoms with van der Waals surface area (Å²) in [4.78, 5) is 39.3. The van der Waals surface area contributed by atoms with Crippen LogP contribution in [-0.2, 0) is 4.79 Å². The normalized spacial score (nSPS) is 16.8. The fourth-order valence-corrected chi connectivity index (χ4v) is 3.86. The highest BCUT2D eigenvalue weighted by molar-refractivity contribution is 9.10. The van der Waals surface area contributed by atoms with Crippen molar-refractivity contribution >= 4 is 39.3 Å². The first kappa shape index (κ1) is 20.6. The maximum Gasteiger partial charge on any atom is 0.253 e. The molecule has 1 saturated carbocycles. The van der Waals surface area contributed by atoms with E-state index in [0.717, 1.165) is 17.3 Å². The van der Waals surface area contributed by atoms with Crippen LogP contribution in [0.25, 0.3) is 0 Å². The van der Waals surface area contributed by atoms with E-state index in [1.54, 1.807) is 41.3 Å². The fourth-order valence-electron chi connectivity index (χ4n) is 3.60. The number of halogens is 1. The summed E-state index contributed by atoms with van der Waals surface area (Å²) < 4.78 is 0.934. The SMILES string of the molecule is O=C(NC1CC1)c1cccc(NC(=O)C2CCN(C(=O)c3ccc(Br)cc3)CC2)c1. The van der Waals surface area contributed by atoms with Gasteiger partial charge in [-0.2, -0.15) is 0 Å². The Morgan fingerprint density at radius 3 is 2.27 bits per heavy atom. The summed E-state index contributed by atoms with van der Waals surface area (Å²) in [6, 6.07) is 14.6. The molecule has 1 heterocycles. The second-order valence-corrected chi connectivity index (χ2v) is 8.81. The van der Waals surface area contributed by atoms with E-state index in [1.807, 2.05) is 12.1 Å². The summed E-state index contributed by atoms with van der Waals surface area (Å²) in [6.45, 7) is 1.10. The fraction of sp³-hybridized carbons (Fsp3) is 0.348. The first-order valence-electron chi connectivity index (χ1n) is 10.3. The number of hydrogen-bond acceptors (Lipinski definition) is 3. The van der Waals surface area contributed by atoms with Gasteiger partial charge in [-0.3, -0.25) is 14.4 Å². The quantitative estimate of drug-likeness (QED) is 0.698. The zero-order chi connectivity index (χ0) is 21.1. The van der Waals surface area contributed by atoms with Crippen molar-refractivity contribution < 1.29 is 14.4 Å². The Balaban J connectivity index is 1.30. The lowest BCUT2D eigenvalue weighted by atomic mass is 9.95. The lowest BCUT2D eigenvalue weighted by Crippen LogP contribution is -2.41. The lowest BCUT2D eigenvalue weighted by Gasteiger charge is -2.31. The number of nitrogens with one attached hydrogen (secondary N) is 2. The van der Waals surface area contributed by atoms with Crippen LogP contribution in [0.15, 0.2) is 53.0 Å². The second kappa shape index (κ2) is 9.00. The summed E-state index contributed by atoms with van der Waals surface area (Å²) in [5.74, 6) is -0.322. The van der Waals surface area contributed by atoms with Crippen molar-refractivity contribution in [1.82, 2.24) is 10.2 Å². The predicted molar refractivity (Wildman–Crippen MR) is 118 cm³/mol. The molecule has 4 rings (SSSR count). The van der Waals surface area contributed by atoms with Crippen LogP contribution in [0.3, 0.4) is 0 Å². The van der Waals surface area contributed by atoms with Crippen LogP contribution in [0.5, 0.6) is 0 Å². The van der Waals surface area contributed by atoms with Gasteiger partial charge in [0.05, 0.1) is 0 Å². The summed E-state index contributed by atoms with van der Waals surface area (Å²) in [6.07, 6.45) is 3.31. The molecule has 0 bridgehead atoms. The zero-order valence-corrected chi connectivity index (χ0v) is 18.2. The predicted octanol–water partition coefficient (Wildman–Crippen LogP) is 3.83. The van der Waals surface area contributed by atoms with Gasteiger partial charge in [-0.15, -0.1) is 0 Å². The molecule has 1 saturated heterocycles. The maximum absolute atomic E-state index is 12.7. The Morgan fingerprint density at radius 1 is 0.900 bits per heavy atom. The van der Waals surface area contributed by atoms with Crippen LogP contribution in [-0.4, -0.2) is 41.8 Å². The smallest absolute Gasteiger partial charge is 0.253 e. The Labute approximate surface area is 184 Å². The number of rotatable bonds is 5. The molecule has 2 aromatic carbocycles. The molecule has 2 N–H and O–H groups in total. The van der Waals surface area contributed by atoms with Crippen LogP contribution in [0.1, 0.15) is 46.4 Å². The van der Waals surface area contributed by atoms with Gasteiger partial charge in [0, 0.05) is 46.3 Å². The first-order chi connectivity index (χ1) is 14.5. The number of amides is 3. The highest BCUT2D eigenvalue weighted by Gasteiger charge is 2.28. The topological polar surface area (TPSA) is 78.5 Å². The van der Waals surface area contributed by atoms with Gasteiger partial charge in [-0.1, -0.05) is 22.0 Å². The molecule has 1 aliphatic carbocycles. The van der Waals surface area contributed by atoms with E-state index >= 15 is 0 Å². The summed E-state index contributed by atoms with van der Waals surface area (Å²) in [5, 5.41) is 5.88. The van der Waals surface area contributed by atoms with Crippen molar-refractivity contribution in [2.24, 2.45) is 5.92 Å². The average molecular weight is 470 g/mol. The number of anilines is 1. The molecule has 6 nitrogen and oxygen atoms in total. The van der Waals surface area contributed by atoms with Crippen molar-refractivity contribution in [2.45, 2.75) is 31.7 Å². The molecule has 3 amide bonds. The van der Waals surface area contributed by atoms with E-state index < -0.39 is 0 Å². The van der Waals surface area contributed by atoms with E-state index in [4.69, 9.17) is 0 Å². The number of hydrogen-bond donors (Lipinski definition) is 2. The Kier molecular flexibility index (Phi) is 6.18. The monoisotopic (exact) mass is 469 g/mol. The van der Waals surface area contributed by atoms with E-state index in [-0.39, 0.29) is 23.6 Å². The van der Waals surface area contributed by atoms with Gasteiger partial charge >= 0.3 is 0 Å². The van der Waals surface area contributed by atoms with Gasteiger partial charge in [-0.05, 0) is 68.1 Å². The van der Waals surface area contributed by atoms with Crippen LogP contribution in [0.4, 0.5) is 5.69 Å². The summed E-state index contributed by atoms with van der Waals surface area (Å²) in [7, 11) is 0. The second-order valence-electron chi connectivity index (χ2n) is 7.89. The minimum atomic E-state index is -0.150. The minimum Gasteiger partial charge on any atom is -0.349 e. The molecule has 2 aliphatic rings. The summed E-state index contributed by atoms with van der Waals surface area (Å²) in [5.41, 5.74) is 1.83. The Morgan fingerprint density at radius 2 is 1.60 bits per heavy atom. The van der Waals surface area contributed by atoms with E-state index in [0.29, 0.717) is 48.8 Å². The van der Waals surface area contributed by atoms with Crippen molar-refractivity contribution in [2.75, 3.05) is 18.4 Å². The molecule has 0 radical (unpaired) electrons. The number of benzene rings is 2. The highest BCUT2D eigenvalue weighted by Crippen LogP contribution is 2.23. The Hall–Kier alpha value is -2.67. The number of likely N-dealkylation sites (tertiary alicyclic amines) is 1. The molecule has 2 aromatic rings. The van der Waals surface area contributed by atoms with E-state index in [9.17, 15) is 14.4 Å². The van der Waals surface area contributed by atoms with Gasteiger partial charge < -0.3 is 15.5 Å². The third-order valence-corrected chi connectivity index (χ3v) is 6.08. The number of nitrogens with zero attached hydrogens (tertiary/aromatic N) is 1. The van der Waals surface area contributed by atoms with Crippen molar-refractivity contribution in [3.05, 3.63) is 64.1 Å². The molecule has 0 unspecified atom stereocenters. The molecule has 30 heavy (non-hydrogen) atoms. The van der Waals surface area contributed by atoms with Crippen LogP contribution in [0, 0.1) is 5.92 Å². The van der Waals surface area contributed by atoms with Gasteiger partial charge in [-0.25, -0.2) is 0 Å². The summed E-state index contributed by atoms with van der Waals surface area (Å²) >= 11 is 3.38. The number of piperidine rings is 1. The molecular formula is C23H24BrN3O3. The molecular weight excluding hydrogens is 446 g/mol. The van der Waals surface area contributed by atoms with Gasteiger partial charge in [0.1, 0.15) is 0 Å². The number of carbonyl (C=O) groups excluding carboxylic acids is 3. The van der Waals surface area contributed by atoms with Crippen LogP contribution < -0.4 is 10.6 Å². The van der Waals surface area contributed by atoms with Gasteiger partial charge in [0.2, 0.25) is 5.91 Å². The number of carbonyl (C=O) groups is 3. The molecule has 7 heteroatoms. The Bertz CT molecular complexity index is 948. The molecule has 0 spiro atoms. The molecule has 2 fully saturated rings. The molecule has 1 aliphatic heterocycles. The van der Waals surface area contributed by atoms with Crippen molar-refractivity contribution in [1.29, 1.82) is 0 Å². The minimum absolute atomic E-state index is 0.00395.